The number of aryl methyl sites for hydroxylation is 1. The molecule has 0 aliphatic rings. The Morgan fingerprint density at radius 2 is 2.31 bits per heavy atom. The molecule has 0 atom stereocenters. The van der Waals surface area contributed by atoms with Crippen LogP contribution in [0.4, 0.5) is 5.69 Å². The maximum atomic E-state index is 10.9. The maximum absolute atomic E-state index is 10.9. The Morgan fingerprint density at radius 1 is 1.62 bits per heavy atom. The van der Waals surface area contributed by atoms with E-state index < -0.39 is 0 Å². The first kappa shape index (κ1) is 10.0. The molecular formula is C9H11ClN2O. The maximum Gasteiger partial charge on any atom is 0.238 e. The Bertz CT molecular complexity index is 325. The van der Waals surface area contributed by atoms with Gasteiger partial charge in [0.05, 0.1) is 6.54 Å². The highest BCUT2D eigenvalue weighted by atomic mass is 35.5. The summed E-state index contributed by atoms with van der Waals surface area (Å²) in [6.07, 6.45) is 0. The summed E-state index contributed by atoms with van der Waals surface area (Å²) in [5.74, 6) is -0.203. The summed E-state index contributed by atoms with van der Waals surface area (Å²) in [6.45, 7) is 1.86. The summed E-state index contributed by atoms with van der Waals surface area (Å²) in [5, 5.41) is 3.32. The minimum Gasteiger partial charge on any atom is -0.325 e. The van der Waals surface area contributed by atoms with Crippen molar-refractivity contribution in [2.45, 2.75) is 6.92 Å². The molecule has 0 bridgehead atoms. The van der Waals surface area contributed by atoms with Gasteiger partial charge in [-0.1, -0.05) is 11.6 Å². The summed E-state index contributed by atoms with van der Waals surface area (Å²) in [4.78, 5) is 10.9. The average Bonchev–Trinajstić information content (AvgIpc) is 2.09. The second kappa shape index (κ2) is 4.25. The zero-order chi connectivity index (χ0) is 9.84. The number of rotatable bonds is 2. The van der Waals surface area contributed by atoms with Gasteiger partial charge in [-0.2, -0.15) is 0 Å². The van der Waals surface area contributed by atoms with Gasteiger partial charge >= 0.3 is 0 Å². The number of carbonyl (C=O) groups excluding carboxylic acids is 1. The summed E-state index contributed by atoms with van der Waals surface area (Å²) in [7, 11) is 0. The molecule has 0 heterocycles. The predicted molar refractivity (Wildman–Crippen MR) is 53.9 cm³/mol. The van der Waals surface area contributed by atoms with E-state index in [2.05, 4.69) is 5.32 Å². The molecule has 3 N–H and O–H groups in total. The van der Waals surface area contributed by atoms with Crippen molar-refractivity contribution in [2.24, 2.45) is 5.73 Å². The number of nitrogens with two attached hydrogens (primary N) is 1. The Kier molecular flexibility index (Phi) is 3.28. The number of hydrogen-bond acceptors (Lipinski definition) is 2. The second-order valence-corrected chi connectivity index (χ2v) is 3.15. The van der Waals surface area contributed by atoms with Gasteiger partial charge in [-0.05, 0) is 30.7 Å². The predicted octanol–water partition coefficient (Wildman–Crippen LogP) is 1.55. The first-order chi connectivity index (χ1) is 6.13. The van der Waals surface area contributed by atoms with E-state index in [1.807, 2.05) is 6.92 Å². The number of hydrogen-bond donors (Lipinski definition) is 2. The Morgan fingerprint density at radius 3 is 2.85 bits per heavy atom. The van der Waals surface area contributed by atoms with E-state index in [1.54, 1.807) is 18.2 Å². The first-order valence-electron chi connectivity index (χ1n) is 3.89. The molecule has 0 fully saturated rings. The Labute approximate surface area is 81.9 Å². The average molecular weight is 199 g/mol. The summed E-state index contributed by atoms with van der Waals surface area (Å²) < 4.78 is 0. The van der Waals surface area contributed by atoms with E-state index in [-0.39, 0.29) is 12.5 Å². The Hall–Kier alpha value is -1.06. The number of amides is 1. The zero-order valence-corrected chi connectivity index (χ0v) is 8.06. The molecule has 1 rings (SSSR count). The topological polar surface area (TPSA) is 55.1 Å². The highest BCUT2D eigenvalue weighted by molar-refractivity contribution is 6.30. The van der Waals surface area contributed by atoms with Crippen molar-refractivity contribution < 1.29 is 4.79 Å². The third-order valence-electron chi connectivity index (χ3n) is 1.65. The highest BCUT2D eigenvalue weighted by Gasteiger charge is 2.02. The quantitative estimate of drug-likeness (QED) is 0.758. The molecular weight excluding hydrogens is 188 g/mol. The second-order valence-electron chi connectivity index (χ2n) is 2.71. The minimum atomic E-state index is -0.203. The smallest absolute Gasteiger partial charge is 0.238 e. The van der Waals surface area contributed by atoms with Gasteiger partial charge in [0.15, 0.2) is 0 Å². The van der Waals surface area contributed by atoms with Gasteiger partial charge in [0, 0.05) is 10.7 Å². The number of anilines is 1. The molecule has 1 aromatic rings. The molecule has 0 saturated heterocycles. The molecule has 4 heteroatoms. The molecule has 70 valence electrons. The molecule has 0 aliphatic heterocycles. The summed E-state index contributed by atoms with van der Waals surface area (Å²) >= 11 is 5.75. The van der Waals surface area contributed by atoms with Gasteiger partial charge in [0.1, 0.15) is 0 Å². The molecule has 3 nitrogen and oxygen atoms in total. The SMILES string of the molecule is Cc1cc(Cl)ccc1NC(=O)CN. The molecule has 1 aromatic carbocycles. The Balaban J connectivity index is 2.83. The molecule has 1 amide bonds. The van der Waals surface area contributed by atoms with Crippen molar-refractivity contribution in [1.82, 2.24) is 0 Å². The van der Waals surface area contributed by atoms with Crippen LogP contribution in [0.3, 0.4) is 0 Å². The zero-order valence-electron chi connectivity index (χ0n) is 7.30. The van der Waals surface area contributed by atoms with Crippen molar-refractivity contribution in [3.05, 3.63) is 28.8 Å². The van der Waals surface area contributed by atoms with E-state index in [0.717, 1.165) is 11.3 Å². The van der Waals surface area contributed by atoms with Crippen molar-refractivity contribution in [2.75, 3.05) is 11.9 Å². The van der Waals surface area contributed by atoms with E-state index in [9.17, 15) is 4.79 Å². The fourth-order valence-electron chi connectivity index (χ4n) is 0.969. The van der Waals surface area contributed by atoms with Gasteiger partial charge < -0.3 is 11.1 Å². The largest absolute Gasteiger partial charge is 0.325 e. The normalized spacial score (nSPS) is 9.77. The lowest BCUT2D eigenvalue weighted by Crippen LogP contribution is -2.22. The molecule has 0 saturated carbocycles. The van der Waals surface area contributed by atoms with Crippen LogP contribution in [0.15, 0.2) is 18.2 Å². The van der Waals surface area contributed by atoms with Gasteiger partial charge in [-0.15, -0.1) is 0 Å². The molecule has 0 aromatic heterocycles. The fraction of sp³-hybridized carbons (Fsp3) is 0.222. The van der Waals surface area contributed by atoms with Crippen molar-refractivity contribution in [3.63, 3.8) is 0 Å². The van der Waals surface area contributed by atoms with E-state index in [4.69, 9.17) is 17.3 Å². The monoisotopic (exact) mass is 198 g/mol. The van der Waals surface area contributed by atoms with Gasteiger partial charge in [0.2, 0.25) is 5.91 Å². The van der Waals surface area contributed by atoms with Crippen LogP contribution in [0.2, 0.25) is 5.02 Å². The van der Waals surface area contributed by atoms with Gasteiger partial charge in [0.25, 0.3) is 0 Å². The van der Waals surface area contributed by atoms with Crippen LogP contribution in [0.5, 0.6) is 0 Å². The van der Waals surface area contributed by atoms with Gasteiger partial charge in [-0.3, -0.25) is 4.79 Å². The number of carbonyl (C=O) groups is 1. The molecule has 0 unspecified atom stereocenters. The standard InChI is InChI=1S/C9H11ClN2O/c1-6-4-7(10)2-3-8(6)12-9(13)5-11/h2-4H,5,11H2,1H3,(H,12,13). The summed E-state index contributed by atoms with van der Waals surface area (Å²) in [5.41, 5.74) is 6.84. The lowest BCUT2D eigenvalue weighted by molar-refractivity contribution is -0.114. The summed E-state index contributed by atoms with van der Waals surface area (Å²) in [6, 6.07) is 5.26. The highest BCUT2D eigenvalue weighted by Crippen LogP contribution is 2.19. The fourth-order valence-corrected chi connectivity index (χ4v) is 1.20. The van der Waals surface area contributed by atoms with Crippen LogP contribution in [0.1, 0.15) is 5.56 Å². The van der Waals surface area contributed by atoms with Crippen molar-refractivity contribution in [3.8, 4) is 0 Å². The molecule has 0 spiro atoms. The first-order valence-corrected chi connectivity index (χ1v) is 4.27. The molecule has 0 aliphatic carbocycles. The number of nitrogens with one attached hydrogen (secondary N) is 1. The minimum absolute atomic E-state index is 0.0118. The van der Waals surface area contributed by atoms with E-state index >= 15 is 0 Å². The van der Waals surface area contributed by atoms with Gasteiger partial charge in [-0.25, -0.2) is 0 Å². The lowest BCUT2D eigenvalue weighted by Gasteiger charge is -2.06. The van der Waals surface area contributed by atoms with Crippen LogP contribution in [-0.2, 0) is 4.79 Å². The van der Waals surface area contributed by atoms with Crippen LogP contribution in [0.25, 0.3) is 0 Å². The third kappa shape index (κ3) is 2.72. The molecule has 13 heavy (non-hydrogen) atoms. The van der Waals surface area contributed by atoms with E-state index in [0.29, 0.717) is 5.02 Å². The van der Waals surface area contributed by atoms with Crippen molar-refractivity contribution >= 4 is 23.2 Å². The van der Waals surface area contributed by atoms with Crippen LogP contribution in [-0.4, -0.2) is 12.5 Å². The van der Waals surface area contributed by atoms with Crippen LogP contribution in [0, 0.1) is 6.92 Å². The van der Waals surface area contributed by atoms with Crippen molar-refractivity contribution in [1.29, 1.82) is 0 Å². The van der Waals surface area contributed by atoms with E-state index in [1.165, 1.54) is 0 Å². The number of halogens is 1. The number of benzene rings is 1. The lowest BCUT2D eigenvalue weighted by atomic mass is 10.2. The molecule has 0 radical (unpaired) electrons. The van der Waals surface area contributed by atoms with Crippen LogP contribution >= 0.6 is 11.6 Å². The van der Waals surface area contributed by atoms with Crippen LogP contribution < -0.4 is 11.1 Å². The third-order valence-corrected chi connectivity index (χ3v) is 1.88.